The number of morpholine rings is 1. The lowest BCUT2D eigenvalue weighted by atomic mass is 10.3. The van der Waals surface area contributed by atoms with Crippen LogP contribution in [-0.2, 0) is 14.3 Å². The molecule has 100 valence electrons. The van der Waals surface area contributed by atoms with Crippen LogP contribution >= 0.6 is 0 Å². The third kappa shape index (κ3) is 6.91. The van der Waals surface area contributed by atoms with Crippen molar-refractivity contribution in [2.75, 3.05) is 32.8 Å². The zero-order chi connectivity index (χ0) is 13.3. The van der Waals surface area contributed by atoms with Crippen molar-refractivity contribution < 1.29 is 19.4 Å². The van der Waals surface area contributed by atoms with Gasteiger partial charge < -0.3 is 15.2 Å². The van der Waals surface area contributed by atoms with Gasteiger partial charge in [-0.2, -0.15) is 0 Å². The molecular formula is C11H22N2O4. The fourth-order valence-electron chi connectivity index (χ4n) is 1.31. The van der Waals surface area contributed by atoms with Gasteiger partial charge in [0.2, 0.25) is 5.91 Å². The molecule has 1 aliphatic rings. The van der Waals surface area contributed by atoms with E-state index in [0.29, 0.717) is 13.2 Å². The van der Waals surface area contributed by atoms with Crippen LogP contribution in [0.5, 0.6) is 0 Å². The summed E-state index contributed by atoms with van der Waals surface area (Å²) in [6.45, 7) is 8.37. The van der Waals surface area contributed by atoms with Crippen molar-refractivity contribution in [2.45, 2.75) is 26.8 Å². The standard InChI is InChI=1S/C9H16N2O4.C2H6/c1-7(9(13)14)10-8(12)6-11-2-4-15-5-3-11;1-2/h7H,2-6H2,1H3,(H,10,12)(H,13,14);1-2H3. The predicted octanol–water partition coefficient (Wildman–Crippen LogP) is -0.0659. The highest BCUT2D eigenvalue weighted by molar-refractivity contribution is 5.84. The Balaban J connectivity index is 0.00000121. The number of carbonyl (C=O) groups is 2. The average Bonchev–Trinajstić information content (AvgIpc) is 2.32. The Hall–Kier alpha value is -1.14. The van der Waals surface area contributed by atoms with Crippen LogP contribution in [0, 0.1) is 0 Å². The second kappa shape index (κ2) is 8.95. The van der Waals surface area contributed by atoms with Gasteiger partial charge in [-0.3, -0.25) is 14.5 Å². The number of carboxylic acids is 1. The fourth-order valence-corrected chi connectivity index (χ4v) is 1.31. The third-order valence-corrected chi connectivity index (χ3v) is 2.22. The zero-order valence-corrected chi connectivity index (χ0v) is 10.7. The van der Waals surface area contributed by atoms with Crippen LogP contribution in [0.15, 0.2) is 0 Å². The molecule has 1 unspecified atom stereocenters. The summed E-state index contributed by atoms with van der Waals surface area (Å²) in [6.07, 6.45) is 0. The van der Waals surface area contributed by atoms with E-state index < -0.39 is 12.0 Å². The summed E-state index contributed by atoms with van der Waals surface area (Å²) >= 11 is 0. The van der Waals surface area contributed by atoms with Gasteiger partial charge in [-0.05, 0) is 6.92 Å². The van der Waals surface area contributed by atoms with E-state index in [9.17, 15) is 9.59 Å². The molecule has 0 aromatic carbocycles. The minimum Gasteiger partial charge on any atom is -0.480 e. The van der Waals surface area contributed by atoms with Crippen molar-refractivity contribution in [3.8, 4) is 0 Å². The van der Waals surface area contributed by atoms with Gasteiger partial charge in [0, 0.05) is 13.1 Å². The number of hydrogen-bond acceptors (Lipinski definition) is 4. The van der Waals surface area contributed by atoms with Crippen LogP contribution in [0.3, 0.4) is 0 Å². The normalized spacial score (nSPS) is 17.6. The van der Waals surface area contributed by atoms with Gasteiger partial charge in [-0.1, -0.05) is 13.8 Å². The molecule has 0 bridgehead atoms. The maximum atomic E-state index is 11.4. The van der Waals surface area contributed by atoms with Gasteiger partial charge in [0.25, 0.3) is 0 Å². The summed E-state index contributed by atoms with van der Waals surface area (Å²) in [7, 11) is 0. The number of nitrogens with zero attached hydrogens (tertiary/aromatic N) is 1. The van der Waals surface area contributed by atoms with Crippen LogP contribution in [0.4, 0.5) is 0 Å². The Labute approximate surface area is 102 Å². The number of nitrogens with one attached hydrogen (secondary N) is 1. The van der Waals surface area contributed by atoms with Crippen LogP contribution in [0.25, 0.3) is 0 Å². The molecule has 1 atom stereocenters. The van der Waals surface area contributed by atoms with Crippen LogP contribution in [-0.4, -0.2) is 60.8 Å². The van der Waals surface area contributed by atoms with Gasteiger partial charge in [0.1, 0.15) is 6.04 Å². The number of amides is 1. The highest BCUT2D eigenvalue weighted by Gasteiger charge is 2.17. The predicted molar refractivity (Wildman–Crippen MR) is 63.8 cm³/mol. The lowest BCUT2D eigenvalue weighted by molar-refractivity contribution is -0.141. The van der Waals surface area contributed by atoms with E-state index in [0.717, 1.165) is 13.1 Å². The van der Waals surface area contributed by atoms with E-state index >= 15 is 0 Å². The monoisotopic (exact) mass is 246 g/mol. The van der Waals surface area contributed by atoms with E-state index in [2.05, 4.69) is 5.32 Å². The smallest absolute Gasteiger partial charge is 0.325 e. The van der Waals surface area contributed by atoms with Gasteiger partial charge in [-0.15, -0.1) is 0 Å². The third-order valence-electron chi connectivity index (χ3n) is 2.22. The van der Waals surface area contributed by atoms with Gasteiger partial charge in [-0.25, -0.2) is 0 Å². The van der Waals surface area contributed by atoms with Crippen molar-refractivity contribution in [2.24, 2.45) is 0 Å². The highest BCUT2D eigenvalue weighted by Crippen LogP contribution is 1.95. The number of ether oxygens (including phenoxy) is 1. The molecule has 6 heteroatoms. The first-order valence-electron chi connectivity index (χ1n) is 5.92. The van der Waals surface area contributed by atoms with Crippen molar-refractivity contribution in [1.29, 1.82) is 0 Å². The molecule has 1 saturated heterocycles. The quantitative estimate of drug-likeness (QED) is 0.726. The Morgan fingerprint density at radius 3 is 2.35 bits per heavy atom. The number of aliphatic carboxylic acids is 1. The molecule has 2 N–H and O–H groups in total. The minimum absolute atomic E-state index is 0.237. The minimum atomic E-state index is -1.02. The Morgan fingerprint density at radius 2 is 1.88 bits per heavy atom. The topological polar surface area (TPSA) is 78.9 Å². The molecule has 1 aliphatic heterocycles. The second-order valence-corrected chi connectivity index (χ2v) is 3.52. The van der Waals surface area contributed by atoms with Crippen LogP contribution < -0.4 is 5.32 Å². The molecule has 1 rings (SSSR count). The zero-order valence-electron chi connectivity index (χ0n) is 10.7. The van der Waals surface area contributed by atoms with Gasteiger partial charge in [0.15, 0.2) is 0 Å². The van der Waals surface area contributed by atoms with E-state index in [1.807, 2.05) is 18.7 Å². The van der Waals surface area contributed by atoms with Gasteiger partial charge >= 0.3 is 5.97 Å². The summed E-state index contributed by atoms with van der Waals surface area (Å²) in [4.78, 5) is 23.8. The molecule has 0 aromatic heterocycles. The summed E-state index contributed by atoms with van der Waals surface area (Å²) in [5.41, 5.74) is 0. The molecule has 0 aliphatic carbocycles. The van der Waals surface area contributed by atoms with E-state index in [1.165, 1.54) is 6.92 Å². The van der Waals surface area contributed by atoms with E-state index in [1.54, 1.807) is 0 Å². The van der Waals surface area contributed by atoms with Crippen molar-refractivity contribution in [3.05, 3.63) is 0 Å². The van der Waals surface area contributed by atoms with E-state index in [-0.39, 0.29) is 12.5 Å². The first-order valence-corrected chi connectivity index (χ1v) is 5.92. The first-order chi connectivity index (χ1) is 8.09. The largest absolute Gasteiger partial charge is 0.480 e. The maximum absolute atomic E-state index is 11.4. The van der Waals surface area contributed by atoms with Crippen LogP contribution in [0.1, 0.15) is 20.8 Å². The molecular weight excluding hydrogens is 224 g/mol. The average molecular weight is 246 g/mol. The SMILES string of the molecule is CC.CC(NC(=O)CN1CCOCC1)C(=O)O. The molecule has 6 nitrogen and oxygen atoms in total. The van der Waals surface area contributed by atoms with Crippen molar-refractivity contribution in [1.82, 2.24) is 10.2 Å². The van der Waals surface area contributed by atoms with Crippen molar-refractivity contribution in [3.63, 3.8) is 0 Å². The molecule has 1 amide bonds. The number of carbonyl (C=O) groups excluding carboxylic acids is 1. The molecule has 0 spiro atoms. The Morgan fingerprint density at radius 1 is 1.35 bits per heavy atom. The number of carboxylic acid groups (broad SMARTS) is 1. The highest BCUT2D eigenvalue weighted by atomic mass is 16.5. The summed E-state index contributed by atoms with van der Waals surface area (Å²) in [6, 6.07) is -0.835. The molecule has 0 saturated carbocycles. The maximum Gasteiger partial charge on any atom is 0.325 e. The van der Waals surface area contributed by atoms with E-state index in [4.69, 9.17) is 9.84 Å². The molecule has 0 radical (unpaired) electrons. The first kappa shape index (κ1) is 15.9. The fraction of sp³-hybridized carbons (Fsp3) is 0.818. The summed E-state index contributed by atoms with van der Waals surface area (Å²) < 4.78 is 5.13. The molecule has 1 heterocycles. The molecule has 0 aromatic rings. The molecule has 1 fully saturated rings. The number of hydrogen-bond donors (Lipinski definition) is 2. The number of rotatable bonds is 4. The second-order valence-electron chi connectivity index (χ2n) is 3.52. The summed E-state index contributed by atoms with van der Waals surface area (Å²) in [5.74, 6) is -1.28. The Bertz CT molecular complexity index is 240. The summed E-state index contributed by atoms with van der Waals surface area (Å²) in [5, 5.41) is 11.0. The molecule has 17 heavy (non-hydrogen) atoms. The van der Waals surface area contributed by atoms with Gasteiger partial charge in [0.05, 0.1) is 19.8 Å². The Kier molecular flexibility index (Phi) is 8.35. The lowest BCUT2D eigenvalue weighted by Gasteiger charge is -2.26. The van der Waals surface area contributed by atoms with Crippen LogP contribution in [0.2, 0.25) is 0 Å². The lowest BCUT2D eigenvalue weighted by Crippen LogP contribution is -2.46. The van der Waals surface area contributed by atoms with Crippen molar-refractivity contribution >= 4 is 11.9 Å².